The van der Waals surface area contributed by atoms with Crippen molar-refractivity contribution >= 4 is 5.91 Å². The summed E-state index contributed by atoms with van der Waals surface area (Å²) in [6.07, 6.45) is 1.63. The van der Waals surface area contributed by atoms with E-state index in [1.807, 2.05) is 0 Å². The summed E-state index contributed by atoms with van der Waals surface area (Å²) < 4.78 is 0. The third kappa shape index (κ3) is 2.88. The van der Waals surface area contributed by atoms with Gasteiger partial charge in [-0.3, -0.25) is 4.79 Å². The molecule has 0 unspecified atom stereocenters. The summed E-state index contributed by atoms with van der Waals surface area (Å²) in [5, 5.41) is 0. The minimum Gasteiger partial charge on any atom is -0.336 e. The number of carbonyl (C=O) groups excluding carboxylic acids is 1. The monoisotopic (exact) mass is 138 g/mol. The second-order valence-corrected chi connectivity index (χ2v) is 1.88. The van der Waals surface area contributed by atoms with Crippen LogP contribution < -0.4 is 0 Å². The minimum atomic E-state index is -0.157. The fourth-order valence-corrected chi connectivity index (χ4v) is 0.484. The smallest absolute Gasteiger partial charge is 0.302 e. The molecule has 1 amide bonds. The van der Waals surface area contributed by atoms with E-state index in [0.717, 1.165) is 0 Å². The highest BCUT2D eigenvalue weighted by Gasteiger charge is 2.07. The van der Waals surface area contributed by atoms with Gasteiger partial charge in [0.2, 0.25) is 0 Å². The van der Waals surface area contributed by atoms with E-state index >= 15 is 0 Å². The predicted molar refractivity (Wildman–Crippen MR) is 39.3 cm³/mol. The first-order valence-corrected chi connectivity index (χ1v) is 2.90. The Morgan fingerprint density at radius 3 is 2.90 bits per heavy atom. The van der Waals surface area contributed by atoms with Crippen molar-refractivity contribution in [3.8, 4) is 0 Å². The molecule has 0 N–H and O–H groups in total. The fourth-order valence-electron chi connectivity index (χ4n) is 0.484. The number of carbonyl (C=O) groups is 1. The summed E-state index contributed by atoms with van der Waals surface area (Å²) in [4.78, 5) is 15.2. The molecule has 0 aromatic rings. The summed E-state index contributed by atoms with van der Waals surface area (Å²) in [5.74, 6) is -0.157. The number of rotatable bonds is 3. The van der Waals surface area contributed by atoms with Gasteiger partial charge in [0.25, 0.3) is 6.54 Å². The molecule has 0 aliphatic heterocycles. The van der Waals surface area contributed by atoms with Crippen molar-refractivity contribution in [2.45, 2.75) is 0 Å². The average Bonchev–Trinajstić information content (AvgIpc) is 1.89. The number of nitrogens with zero attached hydrogens (tertiary/aromatic N) is 2. The Morgan fingerprint density at radius 2 is 2.50 bits per heavy atom. The van der Waals surface area contributed by atoms with E-state index in [1.165, 1.54) is 4.90 Å². The van der Waals surface area contributed by atoms with Gasteiger partial charge in [-0.2, -0.15) is 0 Å². The molecule has 3 heteroatoms. The molecule has 0 fully saturated rings. The van der Waals surface area contributed by atoms with E-state index in [0.29, 0.717) is 6.54 Å². The zero-order valence-electron chi connectivity index (χ0n) is 6.00. The van der Waals surface area contributed by atoms with Crippen LogP contribution in [0.1, 0.15) is 0 Å². The molecule has 0 saturated heterocycles. The van der Waals surface area contributed by atoms with Gasteiger partial charge in [0.1, 0.15) is 0 Å². The second-order valence-electron chi connectivity index (χ2n) is 1.88. The summed E-state index contributed by atoms with van der Waals surface area (Å²) in [5.41, 5.74) is 0. The van der Waals surface area contributed by atoms with Crippen LogP contribution in [-0.4, -0.2) is 30.9 Å². The highest BCUT2D eigenvalue weighted by molar-refractivity contribution is 5.79. The van der Waals surface area contributed by atoms with Crippen LogP contribution >= 0.6 is 0 Å². The normalized spacial score (nSPS) is 8.00. The Hall–Kier alpha value is -1.30. The number of hydrogen-bond donors (Lipinski definition) is 0. The van der Waals surface area contributed by atoms with E-state index in [-0.39, 0.29) is 12.5 Å². The number of amides is 1. The molecule has 0 atom stereocenters. The highest BCUT2D eigenvalue weighted by atomic mass is 16.2. The molecule has 0 aliphatic carbocycles. The van der Waals surface area contributed by atoms with Crippen LogP contribution in [0, 0.1) is 6.57 Å². The summed E-state index contributed by atoms with van der Waals surface area (Å²) in [7, 11) is 1.65. The second kappa shape index (κ2) is 4.57. The fraction of sp³-hybridized carbons (Fsp3) is 0.429. The maximum Gasteiger partial charge on any atom is 0.302 e. The van der Waals surface area contributed by atoms with Gasteiger partial charge in [0.15, 0.2) is 0 Å². The van der Waals surface area contributed by atoms with Gasteiger partial charge in [-0.15, -0.1) is 6.58 Å². The third-order valence-electron chi connectivity index (χ3n) is 1.04. The summed E-state index contributed by atoms with van der Waals surface area (Å²) >= 11 is 0. The van der Waals surface area contributed by atoms with Gasteiger partial charge in [-0.1, -0.05) is 6.08 Å². The average molecular weight is 138 g/mol. The van der Waals surface area contributed by atoms with Gasteiger partial charge >= 0.3 is 5.91 Å². The van der Waals surface area contributed by atoms with Gasteiger partial charge in [-0.25, -0.2) is 6.57 Å². The Bertz CT molecular complexity index is 169. The third-order valence-corrected chi connectivity index (χ3v) is 1.04. The van der Waals surface area contributed by atoms with E-state index in [2.05, 4.69) is 11.4 Å². The topological polar surface area (TPSA) is 24.7 Å². The molecule has 0 aliphatic rings. The molecule has 0 bridgehead atoms. The van der Waals surface area contributed by atoms with Crippen molar-refractivity contribution in [3.63, 3.8) is 0 Å². The molecule has 10 heavy (non-hydrogen) atoms. The van der Waals surface area contributed by atoms with E-state index in [1.54, 1.807) is 13.1 Å². The lowest BCUT2D eigenvalue weighted by molar-refractivity contribution is -0.127. The van der Waals surface area contributed by atoms with Crippen LogP contribution in [0.5, 0.6) is 0 Å². The van der Waals surface area contributed by atoms with Crippen molar-refractivity contribution in [2.24, 2.45) is 0 Å². The highest BCUT2D eigenvalue weighted by Crippen LogP contribution is 1.84. The molecule has 54 valence electrons. The largest absolute Gasteiger partial charge is 0.336 e. The van der Waals surface area contributed by atoms with Crippen molar-refractivity contribution in [1.82, 2.24) is 4.90 Å². The van der Waals surface area contributed by atoms with Crippen LogP contribution in [0.25, 0.3) is 4.85 Å². The lowest BCUT2D eigenvalue weighted by Gasteiger charge is -2.09. The molecular formula is C7H10N2O. The Balaban J connectivity index is 3.72. The van der Waals surface area contributed by atoms with Crippen LogP contribution in [0.15, 0.2) is 12.7 Å². The van der Waals surface area contributed by atoms with Gasteiger partial charge < -0.3 is 9.74 Å². The Labute approximate surface area is 60.8 Å². The molecule has 0 aromatic heterocycles. The van der Waals surface area contributed by atoms with E-state index in [4.69, 9.17) is 6.57 Å². The first kappa shape index (κ1) is 8.70. The Kier molecular flexibility index (Phi) is 3.97. The van der Waals surface area contributed by atoms with Crippen LogP contribution in [0.2, 0.25) is 0 Å². The van der Waals surface area contributed by atoms with Crippen molar-refractivity contribution in [1.29, 1.82) is 0 Å². The van der Waals surface area contributed by atoms with Crippen molar-refractivity contribution in [2.75, 3.05) is 20.1 Å². The molecule has 0 radical (unpaired) electrons. The maximum atomic E-state index is 10.8. The van der Waals surface area contributed by atoms with E-state index in [9.17, 15) is 4.79 Å². The molecule has 0 aromatic carbocycles. The first-order chi connectivity index (χ1) is 4.72. The maximum absolute atomic E-state index is 10.8. The van der Waals surface area contributed by atoms with Crippen LogP contribution in [0.4, 0.5) is 0 Å². The van der Waals surface area contributed by atoms with Crippen molar-refractivity contribution < 1.29 is 4.79 Å². The van der Waals surface area contributed by atoms with Gasteiger partial charge in [-0.05, 0) is 0 Å². The number of hydrogen-bond acceptors (Lipinski definition) is 1. The molecule has 0 rings (SSSR count). The van der Waals surface area contributed by atoms with Crippen molar-refractivity contribution in [3.05, 3.63) is 24.1 Å². The van der Waals surface area contributed by atoms with Gasteiger partial charge in [0, 0.05) is 13.6 Å². The molecular weight excluding hydrogens is 128 g/mol. The van der Waals surface area contributed by atoms with Gasteiger partial charge in [0.05, 0.1) is 0 Å². The standard InChI is InChI=1S/C7H10N2O/c1-4-5-9(3)7(10)6-8-2/h4H,1,5-6H2,3H3. The zero-order chi connectivity index (χ0) is 7.98. The zero-order valence-corrected chi connectivity index (χ0v) is 6.00. The molecule has 0 spiro atoms. The molecule has 3 nitrogen and oxygen atoms in total. The summed E-state index contributed by atoms with van der Waals surface area (Å²) in [6, 6.07) is 0. The quantitative estimate of drug-likeness (QED) is 0.413. The van der Waals surface area contributed by atoms with Crippen LogP contribution in [-0.2, 0) is 4.79 Å². The predicted octanol–water partition coefficient (Wildman–Crippen LogP) is 0.550. The number of likely N-dealkylation sites (N-methyl/N-ethyl adjacent to an activating group) is 1. The minimum absolute atomic E-state index is 0.0651. The SMILES string of the molecule is [C-]#[N+]CC(=O)N(C)CC=C. The Morgan fingerprint density at radius 1 is 1.90 bits per heavy atom. The molecule has 0 saturated carbocycles. The van der Waals surface area contributed by atoms with Crippen LogP contribution in [0.3, 0.4) is 0 Å². The first-order valence-electron chi connectivity index (χ1n) is 2.90. The van der Waals surface area contributed by atoms with E-state index < -0.39 is 0 Å². The lowest BCUT2D eigenvalue weighted by atomic mass is 10.5. The molecule has 0 heterocycles. The lowest BCUT2D eigenvalue weighted by Crippen LogP contribution is -2.28. The summed E-state index contributed by atoms with van der Waals surface area (Å²) in [6.45, 7) is 10.3.